The Morgan fingerprint density at radius 3 is 3.13 bits per heavy atom. The molecule has 0 bridgehead atoms. The normalized spacial score (nSPS) is 21.2. The van der Waals surface area contributed by atoms with Gasteiger partial charge in [-0.2, -0.15) is 0 Å². The lowest BCUT2D eigenvalue weighted by Gasteiger charge is -2.07. The molecule has 3 heterocycles. The summed E-state index contributed by atoms with van der Waals surface area (Å²) in [5, 5.41) is 0. The molecule has 0 aliphatic carbocycles. The largest absolute Gasteiger partial charge is 0.379 e. The third kappa shape index (κ3) is 1.25. The minimum absolute atomic E-state index is 0.0861. The molecule has 3 rings (SSSR count). The molecule has 1 fully saturated rings. The number of aromatic amines is 1. The summed E-state index contributed by atoms with van der Waals surface area (Å²) < 4.78 is 6.90. The number of fused-ring (bicyclic) bond motifs is 1. The van der Waals surface area contributed by atoms with Crippen molar-refractivity contribution in [2.75, 3.05) is 13.2 Å². The van der Waals surface area contributed by atoms with E-state index in [4.69, 9.17) is 4.74 Å². The Morgan fingerprint density at radius 2 is 2.33 bits per heavy atom. The van der Waals surface area contributed by atoms with Crippen molar-refractivity contribution in [3.63, 3.8) is 0 Å². The van der Waals surface area contributed by atoms with E-state index in [-0.39, 0.29) is 11.7 Å². The molecule has 2 aromatic rings. The first kappa shape index (κ1) is 8.60. The van der Waals surface area contributed by atoms with E-state index in [0.717, 1.165) is 6.42 Å². The van der Waals surface area contributed by atoms with Crippen LogP contribution in [0.5, 0.6) is 0 Å². The Bertz CT molecular complexity index is 538. The Labute approximate surface area is 84.9 Å². The Morgan fingerprint density at radius 1 is 1.47 bits per heavy atom. The number of hydrogen-bond acceptors (Lipinski definition) is 4. The van der Waals surface area contributed by atoms with Crippen molar-refractivity contribution in [3.8, 4) is 0 Å². The van der Waals surface area contributed by atoms with Crippen molar-refractivity contribution in [1.29, 1.82) is 0 Å². The van der Waals surface area contributed by atoms with Crippen LogP contribution in [0.25, 0.3) is 11.3 Å². The smallest absolute Gasteiger partial charge is 0.329 e. The van der Waals surface area contributed by atoms with E-state index in [9.17, 15) is 4.79 Å². The molecule has 1 saturated heterocycles. The molecule has 1 aliphatic heterocycles. The molecule has 6 heteroatoms. The third-order valence-electron chi connectivity index (χ3n) is 2.62. The first-order valence-corrected chi connectivity index (χ1v) is 4.85. The number of ether oxygens (including phenoxy) is 1. The molecule has 0 radical (unpaired) electrons. The Hall–Kier alpha value is -1.69. The van der Waals surface area contributed by atoms with Crippen LogP contribution < -0.4 is 5.69 Å². The summed E-state index contributed by atoms with van der Waals surface area (Å²) in [4.78, 5) is 22.6. The molecule has 1 atom stereocenters. The predicted molar refractivity (Wildman–Crippen MR) is 52.6 cm³/mol. The summed E-state index contributed by atoms with van der Waals surface area (Å²) in [5.74, 6) is 0. The fourth-order valence-electron chi connectivity index (χ4n) is 1.92. The van der Waals surface area contributed by atoms with E-state index in [2.05, 4.69) is 15.0 Å². The topological polar surface area (TPSA) is 72.8 Å². The van der Waals surface area contributed by atoms with Gasteiger partial charge in [0, 0.05) is 19.0 Å². The molecule has 0 amide bonds. The highest BCUT2D eigenvalue weighted by Crippen LogP contribution is 2.19. The Kier molecular flexibility index (Phi) is 1.81. The van der Waals surface area contributed by atoms with Crippen LogP contribution in [0.3, 0.4) is 0 Å². The molecule has 0 aromatic carbocycles. The van der Waals surface area contributed by atoms with E-state index < -0.39 is 0 Å². The molecule has 0 saturated carbocycles. The number of aromatic nitrogens is 4. The number of hydrogen-bond donors (Lipinski definition) is 1. The average molecular weight is 206 g/mol. The predicted octanol–water partition coefficient (Wildman–Crippen LogP) is 0.0810. The second-order valence-electron chi connectivity index (χ2n) is 3.55. The zero-order valence-corrected chi connectivity index (χ0v) is 8.01. The number of imidazole rings is 1. The van der Waals surface area contributed by atoms with E-state index in [1.54, 1.807) is 17.0 Å². The summed E-state index contributed by atoms with van der Waals surface area (Å²) >= 11 is 0. The second kappa shape index (κ2) is 3.16. The number of H-pyrrole nitrogens is 1. The number of nitrogens with zero attached hydrogens (tertiary/aromatic N) is 3. The van der Waals surface area contributed by atoms with Gasteiger partial charge in [0.15, 0.2) is 11.3 Å². The fraction of sp³-hybridized carbons (Fsp3) is 0.444. The summed E-state index contributed by atoms with van der Waals surface area (Å²) in [6.07, 6.45) is 4.00. The maximum Gasteiger partial charge on any atom is 0.329 e. The van der Waals surface area contributed by atoms with Gasteiger partial charge in [-0.1, -0.05) is 0 Å². The standard InChI is InChI=1S/C9H10N4O2/c14-9-12-7-8(11-3-2-10-7)13(9)6-1-4-15-5-6/h2-3,6H,1,4-5H2,(H,10,12,14). The van der Waals surface area contributed by atoms with Crippen LogP contribution in [0, 0.1) is 0 Å². The SMILES string of the molecule is O=c1[nH]c2nccnc2n1C1CCOC1. The monoisotopic (exact) mass is 206 g/mol. The highest BCUT2D eigenvalue weighted by Gasteiger charge is 2.22. The Balaban J connectivity index is 2.23. The molecule has 15 heavy (non-hydrogen) atoms. The van der Waals surface area contributed by atoms with Crippen molar-refractivity contribution in [1.82, 2.24) is 19.5 Å². The highest BCUT2D eigenvalue weighted by molar-refractivity contribution is 5.64. The second-order valence-corrected chi connectivity index (χ2v) is 3.55. The first-order chi connectivity index (χ1) is 7.36. The van der Waals surface area contributed by atoms with Crippen molar-refractivity contribution >= 4 is 11.3 Å². The van der Waals surface area contributed by atoms with Gasteiger partial charge in [-0.25, -0.2) is 14.8 Å². The maximum absolute atomic E-state index is 11.7. The molecular formula is C9H10N4O2. The van der Waals surface area contributed by atoms with Gasteiger partial charge in [0.1, 0.15) is 0 Å². The molecule has 2 aromatic heterocycles. The van der Waals surface area contributed by atoms with Gasteiger partial charge in [0.25, 0.3) is 0 Å². The average Bonchev–Trinajstić information content (AvgIpc) is 2.82. The molecular weight excluding hydrogens is 196 g/mol. The maximum atomic E-state index is 11.7. The van der Waals surface area contributed by atoms with E-state index in [1.807, 2.05) is 0 Å². The zero-order chi connectivity index (χ0) is 10.3. The lowest BCUT2D eigenvalue weighted by atomic mass is 10.2. The van der Waals surface area contributed by atoms with Gasteiger partial charge in [-0.15, -0.1) is 0 Å². The lowest BCUT2D eigenvalue weighted by Crippen LogP contribution is -2.22. The van der Waals surface area contributed by atoms with Crippen LogP contribution in [0.1, 0.15) is 12.5 Å². The van der Waals surface area contributed by atoms with E-state index in [0.29, 0.717) is 24.5 Å². The van der Waals surface area contributed by atoms with Gasteiger partial charge < -0.3 is 4.74 Å². The van der Waals surface area contributed by atoms with Gasteiger partial charge in [0.05, 0.1) is 12.6 Å². The van der Waals surface area contributed by atoms with Gasteiger partial charge in [0.2, 0.25) is 0 Å². The summed E-state index contributed by atoms with van der Waals surface area (Å²) in [6, 6.07) is 0.0861. The zero-order valence-electron chi connectivity index (χ0n) is 8.01. The summed E-state index contributed by atoms with van der Waals surface area (Å²) in [7, 11) is 0. The van der Waals surface area contributed by atoms with Crippen LogP contribution in [0.4, 0.5) is 0 Å². The molecule has 1 unspecified atom stereocenters. The van der Waals surface area contributed by atoms with Crippen LogP contribution in [-0.4, -0.2) is 32.7 Å². The molecule has 6 nitrogen and oxygen atoms in total. The van der Waals surface area contributed by atoms with Gasteiger partial charge in [-0.05, 0) is 6.42 Å². The van der Waals surface area contributed by atoms with Crippen LogP contribution >= 0.6 is 0 Å². The molecule has 0 spiro atoms. The van der Waals surface area contributed by atoms with E-state index >= 15 is 0 Å². The van der Waals surface area contributed by atoms with Crippen molar-refractivity contribution in [3.05, 3.63) is 22.9 Å². The first-order valence-electron chi connectivity index (χ1n) is 4.85. The molecule has 1 N–H and O–H groups in total. The highest BCUT2D eigenvalue weighted by atomic mass is 16.5. The minimum atomic E-state index is -0.160. The quantitative estimate of drug-likeness (QED) is 0.717. The summed E-state index contributed by atoms with van der Waals surface area (Å²) in [6.45, 7) is 1.27. The fourth-order valence-corrected chi connectivity index (χ4v) is 1.92. The molecule has 1 aliphatic rings. The number of nitrogens with one attached hydrogen (secondary N) is 1. The van der Waals surface area contributed by atoms with Gasteiger partial charge >= 0.3 is 5.69 Å². The lowest BCUT2D eigenvalue weighted by molar-refractivity contribution is 0.186. The molecule has 78 valence electrons. The minimum Gasteiger partial charge on any atom is -0.379 e. The summed E-state index contributed by atoms with van der Waals surface area (Å²) in [5.41, 5.74) is 0.985. The van der Waals surface area contributed by atoms with Crippen LogP contribution in [0.15, 0.2) is 17.2 Å². The van der Waals surface area contributed by atoms with Crippen LogP contribution in [0.2, 0.25) is 0 Å². The number of rotatable bonds is 1. The van der Waals surface area contributed by atoms with Crippen molar-refractivity contribution < 1.29 is 4.74 Å². The third-order valence-corrected chi connectivity index (χ3v) is 2.62. The van der Waals surface area contributed by atoms with Crippen molar-refractivity contribution in [2.45, 2.75) is 12.5 Å². The van der Waals surface area contributed by atoms with E-state index in [1.165, 1.54) is 0 Å². The van der Waals surface area contributed by atoms with Gasteiger partial charge in [-0.3, -0.25) is 9.55 Å². The van der Waals surface area contributed by atoms with Crippen molar-refractivity contribution in [2.24, 2.45) is 0 Å². The van der Waals surface area contributed by atoms with Crippen LogP contribution in [-0.2, 0) is 4.74 Å².